The Kier molecular flexibility index (Phi) is 7.80. The first-order valence-electron chi connectivity index (χ1n) is 7.17. The van der Waals surface area contributed by atoms with E-state index in [4.69, 9.17) is 0 Å². The van der Waals surface area contributed by atoms with Crippen molar-refractivity contribution < 1.29 is 14.5 Å². The van der Waals surface area contributed by atoms with E-state index in [0.29, 0.717) is 5.56 Å². The smallest absolute Gasteiger partial charge is 0.340 e. The van der Waals surface area contributed by atoms with E-state index in [-0.39, 0.29) is 17.5 Å². The minimum atomic E-state index is -0.700. The van der Waals surface area contributed by atoms with Crippen LogP contribution in [0.4, 0.5) is 17.2 Å². The first-order valence-corrected chi connectivity index (χ1v) is 7.17. The fourth-order valence-corrected chi connectivity index (χ4v) is 1.95. The Morgan fingerprint density at radius 1 is 1.28 bits per heavy atom. The monoisotopic (exact) mass is 346 g/mol. The van der Waals surface area contributed by atoms with E-state index in [1.54, 1.807) is 45.4 Å². The SMILES string of the molecule is CC(Nc1nccc(N=O)c1[N+](=O)[O-])c1ccc(C=O)cc1.COC. The van der Waals surface area contributed by atoms with E-state index in [1.807, 2.05) is 0 Å². The number of nitrogens with zero attached hydrogens (tertiary/aromatic N) is 3. The Bertz CT molecular complexity index is 734. The van der Waals surface area contributed by atoms with Gasteiger partial charge in [-0.05, 0) is 23.7 Å². The number of rotatable bonds is 6. The summed E-state index contributed by atoms with van der Waals surface area (Å²) in [7, 11) is 3.25. The molecular formula is C16H18N4O5. The molecule has 0 amide bonds. The highest BCUT2D eigenvalue weighted by Gasteiger charge is 2.23. The Labute approximate surface area is 144 Å². The highest BCUT2D eigenvalue weighted by Crippen LogP contribution is 2.34. The summed E-state index contributed by atoms with van der Waals surface area (Å²) < 4.78 is 4.25. The van der Waals surface area contributed by atoms with Crippen molar-refractivity contribution >= 4 is 23.5 Å². The van der Waals surface area contributed by atoms with Crippen molar-refractivity contribution in [2.45, 2.75) is 13.0 Å². The molecule has 1 aromatic heterocycles. The molecule has 9 heteroatoms. The largest absolute Gasteiger partial charge is 0.388 e. The molecule has 0 fully saturated rings. The fourth-order valence-electron chi connectivity index (χ4n) is 1.95. The number of nitroso groups, excluding NO2 is 1. The molecule has 0 aliphatic heterocycles. The number of aldehydes is 1. The molecule has 25 heavy (non-hydrogen) atoms. The van der Waals surface area contributed by atoms with Gasteiger partial charge in [0.15, 0.2) is 5.69 Å². The summed E-state index contributed by atoms with van der Waals surface area (Å²) in [5, 5.41) is 16.6. The van der Waals surface area contributed by atoms with Crippen molar-refractivity contribution in [3.8, 4) is 0 Å². The van der Waals surface area contributed by atoms with Crippen LogP contribution >= 0.6 is 0 Å². The number of hydrogen-bond acceptors (Lipinski definition) is 8. The summed E-state index contributed by atoms with van der Waals surface area (Å²) >= 11 is 0. The molecule has 1 heterocycles. The molecule has 1 unspecified atom stereocenters. The number of carbonyl (C=O) groups excluding carboxylic acids is 1. The Morgan fingerprint density at radius 3 is 2.36 bits per heavy atom. The van der Waals surface area contributed by atoms with Gasteiger partial charge >= 0.3 is 5.69 Å². The van der Waals surface area contributed by atoms with Gasteiger partial charge in [-0.2, -0.15) is 0 Å². The van der Waals surface area contributed by atoms with Gasteiger partial charge in [0, 0.05) is 26.0 Å². The number of methoxy groups -OCH3 is 1. The molecule has 132 valence electrons. The van der Waals surface area contributed by atoms with E-state index in [0.717, 1.165) is 11.8 Å². The van der Waals surface area contributed by atoms with Crippen molar-refractivity contribution in [1.29, 1.82) is 0 Å². The van der Waals surface area contributed by atoms with E-state index in [2.05, 4.69) is 20.2 Å². The number of benzene rings is 1. The van der Waals surface area contributed by atoms with Gasteiger partial charge in [-0.25, -0.2) is 4.98 Å². The van der Waals surface area contributed by atoms with E-state index in [1.165, 1.54) is 12.3 Å². The van der Waals surface area contributed by atoms with Gasteiger partial charge in [-0.15, -0.1) is 4.91 Å². The van der Waals surface area contributed by atoms with Crippen molar-refractivity contribution in [3.63, 3.8) is 0 Å². The number of ether oxygens (including phenoxy) is 1. The number of aromatic nitrogens is 1. The van der Waals surface area contributed by atoms with Crippen molar-refractivity contribution in [3.05, 3.63) is 62.7 Å². The van der Waals surface area contributed by atoms with Crippen LogP contribution in [0, 0.1) is 15.0 Å². The maximum atomic E-state index is 11.1. The average Bonchev–Trinajstić information content (AvgIpc) is 2.61. The third-order valence-electron chi connectivity index (χ3n) is 3.11. The molecule has 9 nitrogen and oxygen atoms in total. The Morgan fingerprint density at radius 2 is 1.88 bits per heavy atom. The zero-order valence-corrected chi connectivity index (χ0v) is 14.0. The summed E-state index contributed by atoms with van der Waals surface area (Å²) in [5.74, 6) is -0.0333. The van der Waals surface area contributed by atoms with Crippen LogP contribution < -0.4 is 5.32 Å². The second-order valence-electron chi connectivity index (χ2n) is 4.93. The summed E-state index contributed by atoms with van der Waals surface area (Å²) in [6, 6.07) is 7.62. The van der Waals surface area contributed by atoms with Gasteiger partial charge in [-0.3, -0.25) is 14.9 Å². The van der Waals surface area contributed by atoms with Gasteiger partial charge in [-0.1, -0.05) is 24.3 Å². The van der Waals surface area contributed by atoms with Gasteiger partial charge in [0.2, 0.25) is 5.82 Å². The van der Waals surface area contributed by atoms with Gasteiger partial charge in [0.25, 0.3) is 0 Å². The lowest BCUT2D eigenvalue weighted by atomic mass is 10.1. The van der Waals surface area contributed by atoms with Crippen LogP contribution in [0.2, 0.25) is 0 Å². The fraction of sp³-hybridized carbons (Fsp3) is 0.250. The molecule has 0 radical (unpaired) electrons. The summed E-state index contributed by atoms with van der Waals surface area (Å²) in [6.07, 6.45) is 2.00. The summed E-state index contributed by atoms with van der Waals surface area (Å²) in [6.45, 7) is 1.78. The Balaban J connectivity index is 0.000000970. The van der Waals surface area contributed by atoms with Crippen molar-refractivity contribution in [2.24, 2.45) is 5.18 Å². The van der Waals surface area contributed by atoms with Crippen LogP contribution in [-0.2, 0) is 4.74 Å². The van der Waals surface area contributed by atoms with Crippen molar-refractivity contribution in [2.75, 3.05) is 19.5 Å². The maximum Gasteiger partial charge on any atom is 0.340 e. The lowest BCUT2D eigenvalue weighted by Gasteiger charge is -2.15. The molecule has 0 saturated heterocycles. The average molecular weight is 346 g/mol. The molecule has 0 bridgehead atoms. The summed E-state index contributed by atoms with van der Waals surface area (Å²) in [4.78, 5) is 35.6. The number of anilines is 1. The van der Waals surface area contributed by atoms with Crippen LogP contribution in [0.3, 0.4) is 0 Å². The zero-order chi connectivity index (χ0) is 18.8. The highest BCUT2D eigenvalue weighted by atomic mass is 16.6. The van der Waals surface area contributed by atoms with Gasteiger partial charge in [0.05, 0.1) is 11.0 Å². The van der Waals surface area contributed by atoms with Gasteiger partial charge < -0.3 is 10.1 Å². The third kappa shape index (κ3) is 5.43. The van der Waals surface area contributed by atoms with Crippen LogP contribution in [0.15, 0.2) is 41.7 Å². The molecule has 0 spiro atoms. The van der Waals surface area contributed by atoms with Crippen LogP contribution in [0.5, 0.6) is 0 Å². The van der Waals surface area contributed by atoms with E-state index >= 15 is 0 Å². The first kappa shape index (κ1) is 19.8. The van der Waals surface area contributed by atoms with Crippen LogP contribution in [0.25, 0.3) is 0 Å². The predicted molar refractivity (Wildman–Crippen MR) is 93.1 cm³/mol. The second-order valence-corrected chi connectivity index (χ2v) is 4.93. The second kappa shape index (κ2) is 9.83. The molecule has 1 N–H and O–H groups in total. The number of pyridine rings is 1. The van der Waals surface area contributed by atoms with Gasteiger partial charge in [0.1, 0.15) is 6.29 Å². The molecule has 0 aliphatic carbocycles. The maximum absolute atomic E-state index is 11.1. The van der Waals surface area contributed by atoms with Crippen LogP contribution in [0.1, 0.15) is 28.9 Å². The minimum absolute atomic E-state index is 0.0333. The molecule has 0 aliphatic rings. The number of nitro groups is 1. The quantitative estimate of drug-likeness (QED) is 0.366. The van der Waals surface area contributed by atoms with E-state index < -0.39 is 10.6 Å². The third-order valence-corrected chi connectivity index (χ3v) is 3.11. The molecule has 2 aromatic rings. The molecular weight excluding hydrogens is 328 g/mol. The molecule has 1 atom stereocenters. The number of nitrogens with one attached hydrogen (secondary N) is 1. The number of carbonyl (C=O) groups is 1. The zero-order valence-electron chi connectivity index (χ0n) is 14.0. The topological polar surface area (TPSA) is 124 Å². The number of hydrogen-bond donors (Lipinski definition) is 1. The Hall–Kier alpha value is -3.20. The normalized spacial score (nSPS) is 10.8. The standard InChI is InChI=1S/C14H12N4O4.C2H6O/c1-9(11-4-2-10(8-19)3-5-11)16-14-13(18(21)22)12(17-20)6-7-15-14;1-3-2/h2-9H,1H3,(H,15,16);1-2H3. The molecule has 1 aromatic carbocycles. The molecule has 2 rings (SSSR count). The minimum Gasteiger partial charge on any atom is -0.388 e. The lowest BCUT2D eigenvalue weighted by Crippen LogP contribution is -2.10. The van der Waals surface area contributed by atoms with E-state index in [9.17, 15) is 19.8 Å². The highest BCUT2D eigenvalue weighted by molar-refractivity contribution is 5.74. The van der Waals surface area contributed by atoms with Crippen LogP contribution in [-0.4, -0.2) is 30.4 Å². The predicted octanol–water partition coefficient (Wildman–Crippen LogP) is 3.64. The first-order chi connectivity index (χ1) is 12.0. The summed E-state index contributed by atoms with van der Waals surface area (Å²) in [5.41, 5.74) is 0.596. The molecule has 0 saturated carbocycles. The lowest BCUT2D eigenvalue weighted by molar-refractivity contribution is -0.383. The van der Waals surface area contributed by atoms with Crippen molar-refractivity contribution in [1.82, 2.24) is 4.98 Å².